The van der Waals surface area contributed by atoms with Gasteiger partial charge in [-0.25, -0.2) is 4.79 Å². The highest BCUT2D eigenvalue weighted by Crippen LogP contribution is 2.20. The number of carbonyl (C=O) groups is 2. The maximum Gasteiger partial charge on any atom is 0.319 e. The van der Waals surface area contributed by atoms with Crippen molar-refractivity contribution in [2.45, 2.75) is 38.1 Å². The van der Waals surface area contributed by atoms with E-state index < -0.39 is 0 Å². The number of nitrogens with zero attached hydrogens (tertiary/aromatic N) is 2. The molecule has 0 bridgehead atoms. The van der Waals surface area contributed by atoms with Crippen LogP contribution in [-0.4, -0.2) is 65.7 Å². The average Bonchev–Trinajstić information content (AvgIpc) is 3.22. The zero-order valence-corrected chi connectivity index (χ0v) is 15.3. The molecule has 6 nitrogen and oxygen atoms in total. The number of aliphatic hydroxyl groups is 1. The SMILES string of the molecule is O=C(N[C@H](CO)Cc1ccccc1)C1CCN(C(=O)N2CCCC2)CC1. The number of hydrogen-bond donors (Lipinski definition) is 2. The summed E-state index contributed by atoms with van der Waals surface area (Å²) in [6.45, 7) is 2.91. The summed E-state index contributed by atoms with van der Waals surface area (Å²) in [5, 5.41) is 12.6. The van der Waals surface area contributed by atoms with Gasteiger partial charge in [-0.3, -0.25) is 4.79 Å². The average molecular weight is 359 g/mol. The molecular weight excluding hydrogens is 330 g/mol. The molecule has 0 aliphatic carbocycles. The lowest BCUT2D eigenvalue weighted by molar-refractivity contribution is -0.127. The zero-order valence-electron chi connectivity index (χ0n) is 15.3. The van der Waals surface area contributed by atoms with E-state index in [4.69, 9.17) is 0 Å². The van der Waals surface area contributed by atoms with Gasteiger partial charge in [-0.05, 0) is 37.7 Å². The Kier molecular flexibility index (Phi) is 6.50. The molecule has 0 radical (unpaired) electrons. The molecule has 2 fully saturated rings. The van der Waals surface area contributed by atoms with Crippen molar-refractivity contribution in [3.8, 4) is 0 Å². The van der Waals surface area contributed by atoms with Crippen molar-refractivity contribution in [1.29, 1.82) is 0 Å². The lowest BCUT2D eigenvalue weighted by Gasteiger charge is -2.34. The van der Waals surface area contributed by atoms with E-state index in [0.29, 0.717) is 32.4 Å². The predicted octanol–water partition coefficient (Wildman–Crippen LogP) is 1.63. The maximum absolute atomic E-state index is 12.6. The monoisotopic (exact) mass is 359 g/mol. The first kappa shape index (κ1) is 18.7. The molecule has 1 aromatic carbocycles. The van der Waals surface area contributed by atoms with Crippen LogP contribution in [0.15, 0.2) is 30.3 Å². The van der Waals surface area contributed by atoms with Gasteiger partial charge < -0.3 is 20.2 Å². The standard InChI is InChI=1S/C20H29N3O3/c24-15-18(14-16-6-2-1-3-7-16)21-19(25)17-8-12-23(13-9-17)20(26)22-10-4-5-11-22/h1-3,6-7,17-18,24H,4-5,8-15H2,(H,21,25)/t18-/m0/s1. The summed E-state index contributed by atoms with van der Waals surface area (Å²) >= 11 is 0. The number of aliphatic hydroxyl groups excluding tert-OH is 1. The van der Waals surface area contributed by atoms with E-state index in [-0.39, 0.29) is 30.5 Å². The molecule has 1 aromatic rings. The lowest BCUT2D eigenvalue weighted by Crippen LogP contribution is -2.49. The van der Waals surface area contributed by atoms with Crippen molar-refractivity contribution < 1.29 is 14.7 Å². The number of rotatable bonds is 5. The molecule has 2 saturated heterocycles. The molecule has 26 heavy (non-hydrogen) atoms. The largest absolute Gasteiger partial charge is 0.394 e. The number of amides is 3. The van der Waals surface area contributed by atoms with Crippen LogP contribution in [0.5, 0.6) is 0 Å². The van der Waals surface area contributed by atoms with Crippen LogP contribution in [0.25, 0.3) is 0 Å². The zero-order chi connectivity index (χ0) is 18.4. The Morgan fingerprint density at radius 2 is 1.65 bits per heavy atom. The first-order valence-electron chi connectivity index (χ1n) is 9.66. The van der Waals surface area contributed by atoms with E-state index >= 15 is 0 Å². The Hall–Kier alpha value is -2.08. The summed E-state index contributed by atoms with van der Waals surface area (Å²) in [5.41, 5.74) is 1.10. The molecule has 3 rings (SSSR count). The van der Waals surface area contributed by atoms with Crippen molar-refractivity contribution in [1.82, 2.24) is 15.1 Å². The fraction of sp³-hybridized carbons (Fsp3) is 0.600. The molecule has 2 heterocycles. The van der Waals surface area contributed by atoms with Crippen LogP contribution >= 0.6 is 0 Å². The van der Waals surface area contributed by atoms with Gasteiger partial charge in [-0.1, -0.05) is 30.3 Å². The maximum atomic E-state index is 12.6. The second-order valence-electron chi connectivity index (χ2n) is 7.32. The summed E-state index contributed by atoms with van der Waals surface area (Å²) in [5.74, 6) is -0.0873. The topological polar surface area (TPSA) is 72.9 Å². The summed E-state index contributed by atoms with van der Waals surface area (Å²) in [7, 11) is 0. The smallest absolute Gasteiger partial charge is 0.319 e. The predicted molar refractivity (Wildman–Crippen MR) is 99.7 cm³/mol. The van der Waals surface area contributed by atoms with Crippen LogP contribution in [0.4, 0.5) is 4.79 Å². The van der Waals surface area contributed by atoms with E-state index in [1.807, 2.05) is 40.1 Å². The Morgan fingerprint density at radius 3 is 2.27 bits per heavy atom. The third-order valence-electron chi connectivity index (χ3n) is 5.40. The summed E-state index contributed by atoms with van der Waals surface area (Å²) in [4.78, 5) is 28.8. The van der Waals surface area contributed by atoms with Gasteiger partial charge in [0.15, 0.2) is 0 Å². The Balaban J connectivity index is 1.46. The molecule has 2 N–H and O–H groups in total. The molecule has 0 unspecified atom stereocenters. The van der Waals surface area contributed by atoms with E-state index in [1.165, 1.54) is 0 Å². The normalized spacial score (nSPS) is 19.4. The molecule has 3 amide bonds. The number of hydrogen-bond acceptors (Lipinski definition) is 3. The number of likely N-dealkylation sites (tertiary alicyclic amines) is 2. The fourth-order valence-electron chi connectivity index (χ4n) is 3.82. The molecule has 0 spiro atoms. The van der Waals surface area contributed by atoms with Crippen LogP contribution in [-0.2, 0) is 11.2 Å². The fourth-order valence-corrected chi connectivity index (χ4v) is 3.82. The van der Waals surface area contributed by atoms with Gasteiger partial charge in [0.2, 0.25) is 5.91 Å². The Labute approximate surface area is 155 Å². The third kappa shape index (κ3) is 4.75. The van der Waals surface area contributed by atoms with Gasteiger partial charge in [-0.15, -0.1) is 0 Å². The summed E-state index contributed by atoms with van der Waals surface area (Å²) < 4.78 is 0. The molecule has 6 heteroatoms. The first-order valence-corrected chi connectivity index (χ1v) is 9.66. The number of piperidine rings is 1. The second kappa shape index (κ2) is 9.03. The highest BCUT2D eigenvalue weighted by Gasteiger charge is 2.31. The van der Waals surface area contributed by atoms with Crippen LogP contribution in [0.1, 0.15) is 31.2 Å². The van der Waals surface area contributed by atoms with Crippen LogP contribution in [0.3, 0.4) is 0 Å². The van der Waals surface area contributed by atoms with Crippen LogP contribution < -0.4 is 5.32 Å². The van der Waals surface area contributed by atoms with Crippen molar-refractivity contribution in [2.24, 2.45) is 5.92 Å². The van der Waals surface area contributed by atoms with Gasteiger partial charge in [-0.2, -0.15) is 0 Å². The summed E-state index contributed by atoms with van der Waals surface area (Å²) in [6.07, 6.45) is 4.18. The van der Waals surface area contributed by atoms with Crippen molar-refractivity contribution >= 4 is 11.9 Å². The van der Waals surface area contributed by atoms with Crippen LogP contribution in [0.2, 0.25) is 0 Å². The van der Waals surface area contributed by atoms with Crippen molar-refractivity contribution in [3.05, 3.63) is 35.9 Å². The minimum atomic E-state index is -0.269. The molecule has 2 aliphatic heterocycles. The van der Waals surface area contributed by atoms with Crippen molar-refractivity contribution in [3.63, 3.8) is 0 Å². The van der Waals surface area contributed by atoms with Gasteiger partial charge in [0, 0.05) is 32.1 Å². The number of nitrogens with one attached hydrogen (secondary N) is 1. The Bertz CT molecular complexity index is 594. The highest BCUT2D eigenvalue weighted by molar-refractivity contribution is 5.80. The van der Waals surface area contributed by atoms with Gasteiger partial charge in [0.05, 0.1) is 12.6 Å². The third-order valence-corrected chi connectivity index (χ3v) is 5.40. The van der Waals surface area contributed by atoms with E-state index in [1.54, 1.807) is 0 Å². The van der Waals surface area contributed by atoms with Gasteiger partial charge in [0.1, 0.15) is 0 Å². The first-order chi connectivity index (χ1) is 12.7. The van der Waals surface area contributed by atoms with Gasteiger partial charge >= 0.3 is 6.03 Å². The number of urea groups is 1. The summed E-state index contributed by atoms with van der Waals surface area (Å²) in [6, 6.07) is 9.71. The minimum absolute atomic E-state index is 0.00625. The van der Waals surface area contributed by atoms with E-state index in [0.717, 1.165) is 31.5 Å². The molecule has 0 saturated carbocycles. The number of carbonyl (C=O) groups excluding carboxylic acids is 2. The minimum Gasteiger partial charge on any atom is -0.394 e. The molecule has 2 aliphatic rings. The Morgan fingerprint density at radius 1 is 1.04 bits per heavy atom. The van der Waals surface area contributed by atoms with Crippen molar-refractivity contribution in [2.75, 3.05) is 32.8 Å². The lowest BCUT2D eigenvalue weighted by atomic mass is 9.95. The van der Waals surface area contributed by atoms with E-state index in [9.17, 15) is 14.7 Å². The number of benzene rings is 1. The van der Waals surface area contributed by atoms with Gasteiger partial charge in [0.25, 0.3) is 0 Å². The molecular formula is C20H29N3O3. The van der Waals surface area contributed by atoms with E-state index in [2.05, 4.69) is 5.32 Å². The molecule has 1 atom stereocenters. The molecule has 142 valence electrons. The molecule has 0 aromatic heterocycles. The second-order valence-corrected chi connectivity index (χ2v) is 7.32. The van der Waals surface area contributed by atoms with Crippen LogP contribution in [0, 0.1) is 5.92 Å². The highest BCUT2D eigenvalue weighted by atomic mass is 16.3. The quantitative estimate of drug-likeness (QED) is 0.839.